The Hall–Kier alpha value is -0.120. The van der Waals surface area contributed by atoms with Crippen LogP contribution >= 0.6 is 0 Å². The average molecular weight is 266 g/mol. The summed E-state index contributed by atoms with van der Waals surface area (Å²) in [6.07, 6.45) is 15.2. The highest BCUT2D eigenvalue weighted by Crippen LogP contribution is 2.29. The van der Waals surface area contributed by atoms with Gasteiger partial charge in [0.1, 0.15) is 0 Å². The lowest BCUT2D eigenvalue weighted by molar-refractivity contribution is -0.0455. The van der Waals surface area contributed by atoms with Crippen LogP contribution in [0.5, 0.6) is 0 Å². The highest BCUT2D eigenvalue weighted by Gasteiger charge is 2.33. The summed E-state index contributed by atoms with van der Waals surface area (Å²) < 4.78 is 6.41. The monoisotopic (exact) mass is 266 g/mol. The zero-order chi connectivity index (χ0) is 13.1. The zero-order valence-electron chi connectivity index (χ0n) is 12.2. The Bertz CT molecular complexity index is 278. The van der Waals surface area contributed by atoms with Gasteiger partial charge in [-0.25, -0.2) is 0 Å². The van der Waals surface area contributed by atoms with Crippen LogP contribution in [0.3, 0.4) is 0 Å². The Balaban J connectivity index is 1.53. The van der Waals surface area contributed by atoms with Gasteiger partial charge < -0.3 is 15.8 Å². The highest BCUT2D eigenvalue weighted by atomic mass is 16.5. The van der Waals surface area contributed by atoms with E-state index in [0.717, 1.165) is 0 Å². The Morgan fingerprint density at radius 2 is 1.42 bits per heavy atom. The maximum absolute atomic E-state index is 6.41. The molecule has 3 nitrogen and oxygen atoms in total. The van der Waals surface area contributed by atoms with E-state index in [9.17, 15) is 0 Å². The molecule has 0 spiro atoms. The summed E-state index contributed by atoms with van der Waals surface area (Å²) in [5, 5.41) is 3.84. The van der Waals surface area contributed by atoms with Gasteiger partial charge in [-0.3, -0.25) is 0 Å². The molecule has 0 saturated heterocycles. The molecular formula is C16H30N2O. The Kier molecular flexibility index (Phi) is 4.78. The summed E-state index contributed by atoms with van der Waals surface area (Å²) in [5.74, 6) is 0. The van der Waals surface area contributed by atoms with Crippen molar-refractivity contribution in [3.05, 3.63) is 0 Å². The van der Waals surface area contributed by atoms with Crippen molar-refractivity contribution >= 4 is 0 Å². The van der Waals surface area contributed by atoms with Crippen molar-refractivity contribution in [2.45, 2.75) is 101 Å². The minimum Gasteiger partial charge on any atom is -0.373 e. The van der Waals surface area contributed by atoms with E-state index in [4.69, 9.17) is 10.5 Å². The number of rotatable bonds is 4. The van der Waals surface area contributed by atoms with Gasteiger partial charge in [-0.05, 0) is 38.5 Å². The van der Waals surface area contributed by atoms with Crippen molar-refractivity contribution < 1.29 is 4.74 Å². The smallest absolute Gasteiger partial charge is 0.0731 e. The predicted octanol–water partition coefficient (Wildman–Crippen LogP) is 2.73. The summed E-state index contributed by atoms with van der Waals surface area (Å²) in [5.41, 5.74) is 6.20. The van der Waals surface area contributed by atoms with E-state index in [0.29, 0.717) is 30.3 Å². The quantitative estimate of drug-likeness (QED) is 0.822. The Labute approximate surface area is 117 Å². The third-order valence-corrected chi connectivity index (χ3v) is 5.37. The lowest BCUT2D eigenvalue weighted by Gasteiger charge is -2.36. The molecule has 3 N–H and O–H groups in total. The maximum Gasteiger partial charge on any atom is 0.0731 e. The van der Waals surface area contributed by atoms with Crippen molar-refractivity contribution in [2.75, 3.05) is 0 Å². The van der Waals surface area contributed by atoms with Gasteiger partial charge in [0.25, 0.3) is 0 Å². The fourth-order valence-electron chi connectivity index (χ4n) is 4.19. The summed E-state index contributed by atoms with van der Waals surface area (Å²) in [6, 6.07) is 1.47. The first kappa shape index (κ1) is 13.8. The van der Waals surface area contributed by atoms with Crippen LogP contribution in [0.25, 0.3) is 0 Å². The molecule has 3 aliphatic rings. The minimum atomic E-state index is 0.369. The van der Waals surface area contributed by atoms with Gasteiger partial charge in [0.05, 0.1) is 12.2 Å². The topological polar surface area (TPSA) is 47.3 Å². The Morgan fingerprint density at radius 1 is 0.737 bits per heavy atom. The first-order valence-electron chi connectivity index (χ1n) is 8.50. The molecular weight excluding hydrogens is 236 g/mol. The van der Waals surface area contributed by atoms with Crippen molar-refractivity contribution in [3.63, 3.8) is 0 Å². The summed E-state index contributed by atoms with van der Waals surface area (Å²) >= 11 is 0. The maximum atomic E-state index is 6.41. The van der Waals surface area contributed by atoms with Crippen LogP contribution in [0.2, 0.25) is 0 Å². The largest absolute Gasteiger partial charge is 0.373 e. The molecule has 3 heteroatoms. The fourth-order valence-corrected chi connectivity index (χ4v) is 4.19. The van der Waals surface area contributed by atoms with E-state index >= 15 is 0 Å². The van der Waals surface area contributed by atoms with Crippen LogP contribution < -0.4 is 11.1 Å². The van der Waals surface area contributed by atoms with Crippen LogP contribution in [0.4, 0.5) is 0 Å². The van der Waals surface area contributed by atoms with Crippen LogP contribution in [0.15, 0.2) is 0 Å². The second kappa shape index (κ2) is 6.55. The van der Waals surface area contributed by atoms with Crippen LogP contribution in [0.1, 0.15) is 70.6 Å². The SMILES string of the molecule is N[C@@H]1CCC[C@@H]1N[C@H]1CCCC[C@H]1OC1CCCC1. The Morgan fingerprint density at radius 3 is 2.16 bits per heavy atom. The number of hydrogen-bond acceptors (Lipinski definition) is 3. The van der Waals surface area contributed by atoms with Gasteiger partial charge in [0.2, 0.25) is 0 Å². The molecule has 0 aliphatic heterocycles. The average Bonchev–Trinajstić information content (AvgIpc) is 3.05. The highest BCUT2D eigenvalue weighted by molar-refractivity contribution is 4.92. The first-order valence-corrected chi connectivity index (χ1v) is 8.50. The second-order valence-corrected chi connectivity index (χ2v) is 6.84. The first-order chi connectivity index (χ1) is 9.33. The third kappa shape index (κ3) is 3.50. The molecule has 0 aromatic heterocycles. The molecule has 4 atom stereocenters. The number of ether oxygens (including phenoxy) is 1. The zero-order valence-corrected chi connectivity index (χ0v) is 12.2. The van der Waals surface area contributed by atoms with E-state index in [1.807, 2.05) is 0 Å². The van der Waals surface area contributed by atoms with Crippen LogP contribution in [0, 0.1) is 0 Å². The molecule has 3 rings (SSSR count). The van der Waals surface area contributed by atoms with E-state index in [1.54, 1.807) is 0 Å². The molecule has 0 bridgehead atoms. The molecule has 0 unspecified atom stereocenters. The summed E-state index contributed by atoms with van der Waals surface area (Å²) in [6.45, 7) is 0. The van der Waals surface area contributed by atoms with E-state index in [-0.39, 0.29) is 0 Å². The number of nitrogens with one attached hydrogen (secondary N) is 1. The van der Waals surface area contributed by atoms with E-state index in [1.165, 1.54) is 70.6 Å². The van der Waals surface area contributed by atoms with Crippen LogP contribution in [-0.4, -0.2) is 30.3 Å². The van der Waals surface area contributed by atoms with Gasteiger partial charge >= 0.3 is 0 Å². The fraction of sp³-hybridized carbons (Fsp3) is 1.00. The van der Waals surface area contributed by atoms with Crippen molar-refractivity contribution in [3.8, 4) is 0 Å². The van der Waals surface area contributed by atoms with E-state index < -0.39 is 0 Å². The molecule has 3 aliphatic carbocycles. The van der Waals surface area contributed by atoms with Gasteiger partial charge in [-0.1, -0.05) is 32.1 Å². The minimum absolute atomic E-state index is 0.369. The summed E-state index contributed by atoms with van der Waals surface area (Å²) in [4.78, 5) is 0. The standard InChI is InChI=1S/C16H30N2O/c17-13-8-5-10-14(13)18-15-9-3-4-11-16(15)19-12-6-1-2-7-12/h12-16,18H,1-11,17H2/t13-,14+,15+,16-/m1/s1. The normalized spacial score (nSPS) is 40.9. The molecule has 19 heavy (non-hydrogen) atoms. The van der Waals surface area contributed by atoms with Gasteiger partial charge in [0, 0.05) is 18.1 Å². The van der Waals surface area contributed by atoms with E-state index in [2.05, 4.69) is 5.32 Å². The van der Waals surface area contributed by atoms with Crippen molar-refractivity contribution in [1.82, 2.24) is 5.32 Å². The molecule has 0 aromatic rings. The molecule has 0 heterocycles. The van der Waals surface area contributed by atoms with Crippen molar-refractivity contribution in [1.29, 1.82) is 0 Å². The molecule has 3 fully saturated rings. The molecule has 0 radical (unpaired) electrons. The van der Waals surface area contributed by atoms with Gasteiger partial charge in [0.15, 0.2) is 0 Å². The molecule has 0 amide bonds. The molecule has 3 saturated carbocycles. The molecule has 110 valence electrons. The molecule has 0 aromatic carbocycles. The van der Waals surface area contributed by atoms with Crippen LogP contribution in [-0.2, 0) is 4.74 Å². The lowest BCUT2D eigenvalue weighted by Crippen LogP contribution is -2.52. The second-order valence-electron chi connectivity index (χ2n) is 6.84. The third-order valence-electron chi connectivity index (χ3n) is 5.37. The number of nitrogens with two attached hydrogens (primary N) is 1. The summed E-state index contributed by atoms with van der Waals surface area (Å²) in [7, 11) is 0. The lowest BCUT2D eigenvalue weighted by atomic mass is 9.91. The van der Waals surface area contributed by atoms with Gasteiger partial charge in [-0.15, -0.1) is 0 Å². The van der Waals surface area contributed by atoms with Gasteiger partial charge in [-0.2, -0.15) is 0 Å². The number of hydrogen-bond donors (Lipinski definition) is 2. The van der Waals surface area contributed by atoms with Crippen molar-refractivity contribution in [2.24, 2.45) is 5.73 Å². The predicted molar refractivity (Wildman–Crippen MR) is 78.1 cm³/mol.